The maximum Gasteiger partial charge on any atom is 0.461 e. The zero-order valence-electron chi connectivity index (χ0n) is 15.7. The minimum atomic E-state index is -1.63. The highest BCUT2D eigenvalue weighted by Crippen LogP contribution is 2.34. The van der Waals surface area contributed by atoms with Gasteiger partial charge in [0.05, 0.1) is 12.6 Å². The molecule has 27 heavy (non-hydrogen) atoms. The Bertz CT molecular complexity index is 749. The zero-order valence-corrected chi connectivity index (χ0v) is 15.7. The lowest BCUT2D eigenvalue weighted by Crippen LogP contribution is -2.56. The van der Waals surface area contributed by atoms with Gasteiger partial charge in [0.15, 0.2) is 0 Å². The highest BCUT2D eigenvalue weighted by Gasteiger charge is 2.43. The van der Waals surface area contributed by atoms with E-state index in [1.807, 2.05) is 6.92 Å². The molecule has 0 spiro atoms. The highest BCUT2D eigenvalue weighted by atomic mass is 16.5. The highest BCUT2D eigenvalue weighted by molar-refractivity contribution is 6.44. The summed E-state index contributed by atoms with van der Waals surface area (Å²) in [6.07, 6.45) is 7.23. The number of hydrogen-bond donors (Lipinski definition) is 4. The lowest BCUT2D eigenvalue weighted by molar-refractivity contribution is -0.132. The quantitative estimate of drug-likeness (QED) is 0.429. The molecule has 1 aromatic carbocycles. The van der Waals surface area contributed by atoms with Crippen molar-refractivity contribution in [2.45, 2.75) is 31.6 Å². The number of nitrogens with one attached hydrogen (secondary N) is 2. The monoisotopic (exact) mass is 372 g/mol. The topological polar surface area (TPSA) is 108 Å². The van der Waals surface area contributed by atoms with Crippen LogP contribution in [0.2, 0.25) is 5.82 Å². The van der Waals surface area contributed by atoms with Crippen molar-refractivity contribution in [3.8, 4) is 5.75 Å². The fraction of sp³-hybridized carbons (Fsp3) is 0.368. The maximum atomic E-state index is 12.7. The summed E-state index contributed by atoms with van der Waals surface area (Å²) in [6, 6.07) is 6.84. The van der Waals surface area contributed by atoms with Gasteiger partial charge in [-0.1, -0.05) is 37.3 Å². The van der Waals surface area contributed by atoms with Crippen LogP contribution in [0.25, 0.3) is 0 Å². The van der Waals surface area contributed by atoms with Crippen LogP contribution in [-0.4, -0.2) is 41.6 Å². The molecule has 0 saturated heterocycles. The van der Waals surface area contributed by atoms with Gasteiger partial charge in [-0.3, -0.25) is 9.59 Å². The van der Waals surface area contributed by atoms with Crippen molar-refractivity contribution in [1.29, 1.82) is 0 Å². The van der Waals surface area contributed by atoms with Crippen molar-refractivity contribution in [2.24, 2.45) is 5.92 Å². The molecule has 8 heteroatoms. The average molecular weight is 372 g/mol. The lowest BCUT2D eigenvalue weighted by atomic mass is 9.59. The van der Waals surface area contributed by atoms with Crippen LogP contribution >= 0.6 is 0 Å². The van der Waals surface area contributed by atoms with Crippen LogP contribution in [-0.2, 0) is 9.59 Å². The molecule has 2 unspecified atom stereocenters. The van der Waals surface area contributed by atoms with Crippen LogP contribution in [0.5, 0.6) is 5.75 Å². The molecule has 144 valence electrons. The Morgan fingerprint density at radius 3 is 2.67 bits per heavy atom. The molecule has 0 saturated carbocycles. The van der Waals surface area contributed by atoms with E-state index in [4.69, 9.17) is 4.74 Å². The van der Waals surface area contributed by atoms with E-state index in [-0.39, 0.29) is 0 Å². The molecular formula is C19H25BN2O5. The van der Waals surface area contributed by atoms with E-state index in [0.717, 1.165) is 0 Å². The van der Waals surface area contributed by atoms with E-state index in [1.54, 1.807) is 48.6 Å². The van der Waals surface area contributed by atoms with Gasteiger partial charge in [0.2, 0.25) is 11.8 Å². The Morgan fingerprint density at radius 2 is 2.04 bits per heavy atom. The van der Waals surface area contributed by atoms with Crippen molar-refractivity contribution in [2.75, 3.05) is 12.4 Å². The average Bonchev–Trinajstić information content (AvgIpc) is 2.67. The van der Waals surface area contributed by atoms with Crippen LogP contribution < -0.4 is 15.4 Å². The first kappa shape index (κ1) is 20.7. The predicted molar refractivity (Wildman–Crippen MR) is 104 cm³/mol. The van der Waals surface area contributed by atoms with Gasteiger partial charge in [-0.25, -0.2) is 0 Å². The smallest absolute Gasteiger partial charge is 0.461 e. The van der Waals surface area contributed by atoms with Crippen LogP contribution in [0.4, 0.5) is 5.69 Å². The Kier molecular flexibility index (Phi) is 6.82. The van der Waals surface area contributed by atoms with Gasteiger partial charge < -0.3 is 25.4 Å². The molecule has 1 aliphatic carbocycles. The third-order valence-electron chi connectivity index (χ3n) is 4.80. The zero-order chi connectivity index (χ0) is 20.0. The number of methoxy groups -OCH3 is 1. The fourth-order valence-corrected chi connectivity index (χ4v) is 3.03. The van der Waals surface area contributed by atoms with Gasteiger partial charge in [-0.05, 0) is 25.5 Å². The van der Waals surface area contributed by atoms with Crippen LogP contribution in [0.1, 0.15) is 20.3 Å². The second kappa shape index (κ2) is 8.88. The normalized spacial score (nSPS) is 22.0. The standard InChI is InChI=1S/C19H25BN2O5/c1-4-19(11-6-5-10-16(19)20(25)26)22-18(24)13(2)17(23)21-14-8-7-9-15(12-14)27-3/h5-13,16,25-26H,4H2,1-3H3,(H,21,23)(H,22,24)/t13?,16?,19-/m0/s1. The number of carbonyl (C=O) groups is 2. The molecule has 3 atom stereocenters. The first-order valence-corrected chi connectivity index (χ1v) is 8.82. The van der Waals surface area contributed by atoms with Crippen molar-refractivity contribution < 1.29 is 24.4 Å². The number of anilines is 1. The third kappa shape index (κ3) is 4.78. The van der Waals surface area contributed by atoms with Gasteiger partial charge in [0, 0.05) is 17.6 Å². The summed E-state index contributed by atoms with van der Waals surface area (Å²) < 4.78 is 5.11. The largest absolute Gasteiger partial charge is 0.497 e. The minimum absolute atomic E-state index is 0.437. The Morgan fingerprint density at radius 1 is 1.30 bits per heavy atom. The molecule has 1 aliphatic rings. The summed E-state index contributed by atoms with van der Waals surface area (Å²) >= 11 is 0. The van der Waals surface area contributed by atoms with Crippen molar-refractivity contribution in [3.05, 3.63) is 48.6 Å². The first-order chi connectivity index (χ1) is 12.8. The van der Waals surface area contributed by atoms with Crippen LogP contribution in [0, 0.1) is 5.92 Å². The Balaban J connectivity index is 2.10. The molecule has 1 aromatic rings. The van der Waals surface area contributed by atoms with Gasteiger partial charge >= 0.3 is 7.12 Å². The molecule has 2 amide bonds. The molecule has 0 aromatic heterocycles. The second-order valence-corrected chi connectivity index (χ2v) is 6.51. The molecule has 0 bridgehead atoms. The SMILES string of the molecule is CC[C@]1(NC(=O)C(C)C(=O)Nc2cccc(OC)c2)C=CC=CC1B(O)O. The lowest BCUT2D eigenvalue weighted by Gasteiger charge is -2.39. The second-order valence-electron chi connectivity index (χ2n) is 6.51. The Hall–Kier alpha value is -2.58. The summed E-state index contributed by atoms with van der Waals surface area (Å²) in [6.45, 7) is 3.33. The molecule has 0 aliphatic heterocycles. The van der Waals surface area contributed by atoms with E-state index < -0.39 is 36.2 Å². The molecule has 0 fully saturated rings. The van der Waals surface area contributed by atoms with E-state index in [9.17, 15) is 19.6 Å². The number of hydrogen-bond acceptors (Lipinski definition) is 5. The van der Waals surface area contributed by atoms with E-state index >= 15 is 0 Å². The summed E-state index contributed by atoms with van der Waals surface area (Å²) in [5.41, 5.74) is -0.446. The Labute approximate surface area is 159 Å². The van der Waals surface area contributed by atoms with Gasteiger partial charge in [-0.2, -0.15) is 0 Å². The predicted octanol–water partition coefficient (Wildman–Crippen LogP) is 1.50. The molecular weight excluding hydrogens is 347 g/mol. The fourth-order valence-electron chi connectivity index (χ4n) is 3.03. The van der Waals surface area contributed by atoms with Gasteiger partial charge in [0.1, 0.15) is 11.7 Å². The maximum absolute atomic E-state index is 12.7. The number of ether oxygens (including phenoxy) is 1. The number of benzene rings is 1. The number of amides is 2. The summed E-state index contributed by atoms with van der Waals surface area (Å²) in [4.78, 5) is 25.1. The van der Waals surface area contributed by atoms with Gasteiger partial charge in [0.25, 0.3) is 0 Å². The molecule has 2 rings (SSSR count). The molecule has 0 radical (unpaired) electrons. The van der Waals surface area contributed by atoms with Gasteiger partial charge in [-0.15, -0.1) is 0 Å². The van der Waals surface area contributed by atoms with Crippen molar-refractivity contribution >= 4 is 24.6 Å². The molecule has 4 N–H and O–H groups in total. The minimum Gasteiger partial charge on any atom is -0.497 e. The number of allylic oxidation sites excluding steroid dienone is 2. The number of carbonyl (C=O) groups excluding carboxylic acids is 2. The summed E-state index contributed by atoms with van der Waals surface area (Å²) in [7, 11) is -0.105. The number of rotatable bonds is 7. The van der Waals surface area contributed by atoms with Crippen LogP contribution in [0.15, 0.2) is 48.6 Å². The van der Waals surface area contributed by atoms with E-state index in [0.29, 0.717) is 17.9 Å². The van der Waals surface area contributed by atoms with E-state index in [1.165, 1.54) is 14.0 Å². The third-order valence-corrected chi connectivity index (χ3v) is 4.80. The van der Waals surface area contributed by atoms with Crippen molar-refractivity contribution in [1.82, 2.24) is 5.32 Å². The van der Waals surface area contributed by atoms with E-state index in [2.05, 4.69) is 10.6 Å². The first-order valence-electron chi connectivity index (χ1n) is 8.82. The molecule has 7 nitrogen and oxygen atoms in total. The summed E-state index contributed by atoms with van der Waals surface area (Å²) in [5.74, 6) is -2.06. The van der Waals surface area contributed by atoms with Crippen LogP contribution in [0.3, 0.4) is 0 Å². The van der Waals surface area contributed by atoms with Crippen molar-refractivity contribution in [3.63, 3.8) is 0 Å². The summed E-state index contributed by atoms with van der Waals surface area (Å²) in [5, 5.41) is 24.9. The molecule has 0 heterocycles.